The molecule has 0 aromatic rings. The molecule has 0 saturated carbocycles. The molecule has 2 heterocycles. The average Bonchev–Trinajstić information content (AvgIpc) is 2.84. The van der Waals surface area contributed by atoms with Crippen molar-refractivity contribution in [3.05, 3.63) is 0 Å². The summed E-state index contributed by atoms with van der Waals surface area (Å²) in [6.07, 6.45) is -2.36. The number of rotatable bonds is 0. The van der Waals surface area contributed by atoms with Crippen LogP contribution in [0.4, 0.5) is 4.79 Å². The third-order valence-electron chi connectivity index (χ3n) is 2.33. The van der Waals surface area contributed by atoms with Gasteiger partial charge in [-0.3, -0.25) is 0 Å². The van der Waals surface area contributed by atoms with Crippen molar-refractivity contribution in [2.24, 2.45) is 0 Å². The van der Waals surface area contributed by atoms with Crippen LogP contribution < -0.4 is 0 Å². The number of hydrogen-bond donors (Lipinski definition) is 2. The summed E-state index contributed by atoms with van der Waals surface area (Å²) in [5.41, 5.74) is 0. The Hall–Kier alpha value is -0.890. The van der Waals surface area contributed by atoms with Gasteiger partial charge in [0.15, 0.2) is 0 Å². The highest BCUT2D eigenvalue weighted by Gasteiger charge is 2.46. The molecule has 0 aromatic carbocycles. The van der Waals surface area contributed by atoms with Crippen LogP contribution in [0.5, 0.6) is 0 Å². The number of ether oxygens (including phenoxy) is 4. The third-order valence-corrected chi connectivity index (χ3v) is 2.33. The Morgan fingerprint density at radius 1 is 1.06 bits per heavy atom. The molecule has 4 atom stereocenters. The van der Waals surface area contributed by atoms with Crippen molar-refractivity contribution in [3.63, 3.8) is 0 Å². The molecule has 94 valence electrons. The van der Waals surface area contributed by atoms with Crippen LogP contribution in [0.2, 0.25) is 0 Å². The van der Waals surface area contributed by atoms with Crippen molar-refractivity contribution in [1.29, 1.82) is 0 Å². The molecule has 2 aliphatic rings. The lowest BCUT2D eigenvalue weighted by Crippen LogP contribution is -2.30. The lowest BCUT2D eigenvalue weighted by atomic mass is 10.1. The minimum Gasteiger partial charge on any atom is -0.438 e. The van der Waals surface area contributed by atoms with Gasteiger partial charge in [-0.05, 0) is 0 Å². The monoisotopic (exact) mass is 236 g/mol. The first-order valence-electron chi connectivity index (χ1n) is 4.81. The lowest BCUT2D eigenvalue weighted by molar-refractivity contribution is 0.00205. The van der Waals surface area contributed by atoms with E-state index in [9.17, 15) is 4.79 Å². The molecule has 0 bridgehead atoms. The Labute approximate surface area is 92.9 Å². The average molecular weight is 236 g/mol. The van der Waals surface area contributed by atoms with Gasteiger partial charge in [0.25, 0.3) is 0 Å². The molecule has 0 aromatic heterocycles. The van der Waals surface area contributed by atoms with E-state index in [2.05, 4.69) is 9.47 Å². The van der Waals surface area contributed by atoms with Gasteiger partial charge in [0.1, 0.15) is 24.4 Å². The van der Waals surface area contributed by atoms with E-state index in [0.717, 1.165) is 0 Å². The summed E-state index contributed by atoms with van der Waals surface area (Å²) >= 11 is 0. The maximum atomic E-state index is 9.74. The van der Waals surface area contributed by atoms with E-state index in [0.29, 0.717) is 0 Å². The van der Waals surface area contributed by atoms with Crippen molar-refractivity contribution in [2.45, 2.75) is 24.4 Å². The fourth-order valence-corrected chi connectivity index (χ4v) is 1.54. The smallest absolute Gasteiger partial charge is 0.438 e. The maximum Gasteiger partial charge on any atom is 0.507 e. The van der Waals surface area contributed by atoms with Crippen LogP contribution >= 0.6 is 0 Å². The first-order valence-corrected chi connectivity index (χ1v) is 4.81. The normalized spacial score (nSPS) is 36.0. The Bertz CT molecular complexity index is 210. The molecule has 2 saturated heterocycles. The summed E-state index contributed by atoms with van der Waals surface area (Å²) in [5, 5.41) is 18.3. The molecular weight excluding hydrogens is 220 g/mol. The van der Waals surface area contributed by atoms with E-state index in [1.807, 2.05) is 0 Å². The van der Waals surface area contributed by atoms with Gasteiger partial charge in [0.05, 0.1) is 27.4 Å². The van der Waals surface area contributed by atoms with Crippen LogP contribution in [0.25, 0.3) is 0 Å². The number of methoxy groups -OCH3 is 2. The van der Waals surface area contributed by atoms with Crippen LogP contribution in [0.15, 0.2) is 0 Å². The number of fused-ring (bicyclic) bond motifs is 1. The second-order valence-corrected chi connectivity index (χ2v) is 3.39. The van der Waals surface area contributed by atoms with Crippen LogP contribution in [-0.4, -0.2) is 68.2 Å². The fraction of sp³-hybridized carbons (Fsp3) is 0.889. The van der Waals surface area contributed by atoms with Crippen molar-refractivity contribution in [2.75, 3.05) is 27.4 Å². The molecule has 7 heteroatoms. The molecule has 16 heavy (non-hydrogen) atoms. The molecule has 0 spiro atoms. The van der Waals surface area contributed by atoms with E-state index >= 15 is 0 Å². The molecule has 0 amide bonds. The molecule has 0 unspecified atom stereocenters. The van der Waals surface area contributed by atoms with E-state index in [-0.39, 0.29) is 25.4 Å². The second kappa shape index (κ2) is 6.00. The summed E-state index contributed by atoms with van der Waals surface area (Å²) in [6.45, 7) is 0.568. The third kappa shape index (κ3) is 3.05. The van der Waals surface area contributed by atoms with Gasteiger partial charge in [-0.1, -0.05) is 0 Å². The number of aliphatic hydroxyl groups is 2. The highest BCUT2D eigenvalue weighted by molar-refractivity contribution is 5.59. The van der Waals surface area contributed by atoms with Gasteiger partial charge < -0.3 is 29.2 Å². The topological polar surface area (TPSA) is 94.5 Å². The van der Waals surface area contributed by atoms with Gasteiger partial charge in [0.2, 0.25) is 0 Å². The van der Waals surface area contributed by atoms with Crippen LogP contribution in [0.1, 0.15) is 0 Å². The minimum atomic E-state index is -0.657. The molecular formula is C9H16O7. The van der Waals surface area contributed by atoms with E-state index in [1.165, 1.54) is 14.2 Å². The standard InChI is InChI=1S/C6H10O4.C3H6O3/c7-3-1-9-6-4(8)2-10-5(3)6;1-5-3(4)6-2/h3-8H,1-2H2;1-2H3/t3-,4+,5-,6-;/m1./s1. The lowest BCUT2D eigenvalue weighted by Gasteiger charge is -2.09. The van der Waals surface area contributed by atoms with Crippen molar-refractivity contribution >= 4 is 6.16 Å². The summed E-state index contributed by atoms with van der Waals surface area (Å²) in [7, 11) is 2.51. The van der Waals surface area contributed by atoms with Crippen LogP contribution in [0.3, 0.4) is 0 Å². The molecule has 7 nitrogen and oxygen atoms in total. The molecule has 2 fully saturated rings. The number of hydrogen-bond acceptors (Lipinski definition) is 7. The first-order chi connectivity index (χ1) is 7.60. The summed E-state index contributed by atoms with van der Waals surface area (Å²) in [5.74, 6) is 0. The summed E-state index contributed by atoms with van der Waals surface area (Å²) in [6, 6.07) is 0. The predicted molar refractivity (Wildman–Crippen MR) is 50.9 cm³/mol. The van der Waals surface area contributed by atoms with Crippen molar-refractivity contribution < 1.29 is 34.0 Å². The van der Waals surface area contributed by atoms with Crippen LogP contribution in [-0.2, 0) is 18.9 Å². The van der Waals surface area contributed by atoms with Gasteiger partial charge in [-0.15, -0.1) is 0 Å². The molecule has 2 aliphatic heterocycles. The van der Waals surface area contributed by atoms with Gasteiger partial charge in [-0.2, -0.15) is 0 Å². The van der Waals surface area contributed by atoms with Crippen molar-refractivity contribution in [3.8, 4) is 0 Å². The Kier molecular flexibility index (Phi) is 4.94. The molecule has 0 radical (unpaired) electrons. The maximum absolute atomic E-state index is 9.74. The molecule has 2 N–H and O–H groups in total. The summed E-state index contributed by atoms with van der Waals surface area (Å²) in [4.78, 5) is 9.74. The van der Waals surface area contributed by atoms with Crippen LogP contribution in [0, 0.1) is 0 Å². The Morgan fingerprint density at radius 3 is 1.69 bits per heavy atom. The quantitative estimate of drug-likeness (QED) is 0.516. The number of carbonyl (C=O) groups excluding carboxylic acids is 1. The van der Waals surface area contributed by atoms with Gasteiger partial charge >= 0.3 is 6.16 Å². The fourth-order valence-electron chi connectivity index (χ4n) is 1.54. The van der Waals surface area contributed by atoms with E-state index < -0.39 is 18.4 Å². The zero-order valence-corrected chi connectivity index (χ0v) is 9.16. The minimum absolute atomic E-state index is 0.284. The SMILES string of the molecule is COC(=O)OC.O[C@@H]1CO[C@H]2[C@@H]1OC[C@@H]2O. The number of aliphatic hydroxyl groups excluding tert-OH is 2. The zero-order valence-electron chi connectivity index (χ0n) is 9.16. The molecule has 2 rings (SSSR count). The van der Waals surface area contributed by atoms with Gasteiger partial charge in [-0.25, -0.2) is 4.79 Å². The van der Waals surface area contributed by atoms with Gasteiger partial charge in [0, 0.05) is 0 Å². The van der Waals surface area contributed by atoms with E-state index in [4.69, 9.17) is 19.7 Å². The predicted octanol–water partition coefficient (Wildman–Crippen LogP) is -1.09. The first kappa shape index (κ1) is 13.2. The second-order valence-electron chi connectivity index (χ2n) is 3.39. The highest BCUT2D eigenvalue weighted by Crippen LogP contribution is 2.26. The summed E-state index contributed by atoms with van der Waals surface area (Å²) < 4.78 is 18.2. The zero-order chi connectivity index (χ0) is 12.1. The number of carbonyl (C=O) groups is 1. The molecule has 0 aliphatic carbocycles. The highest BCUT2D eigenvalue weighted by atomic mass is 16.7. The van der Waals surface area contributed by atoms with E-state index in [1.54, 1.807) is 0 Å². The van der Waals surface area contributed by atoms with Crippen molar-refractivity contribution in [1.82, 2.24) is 0 Å². The largest absolute Gasteiger partial charge is 0.507 e. The Morgan fingerprint density at radius 2 is 1.44 bits per heavy atom. The Balaban J connectivity index is 0.000000187.